The minimum Gasteiger partial charge on any atom is -0.369 e. The van der Waals surface area contributed by atoms with Crippen molar-refractivity contribution >= 4 is 5.91 Å². The van der Waals surface area contributed by atoms with Crippen LogP contribution in [0.2, 0.25) is 0 Å². The molecule has 1 aliphatic heterocycles. The first-order valence-electron chi connectivity index (χ1n) is 6.13. The van der Waals surface area contributed by atoms with Gasteiger partial charge in [0.2, 0.25) is 5.91 Å². The van der Waals surface area contributed by atoms with Crippen molar-refractivity contribution in [2.45, 2.75) is 32.0 Å². The topological polar surface area (TPSA) is 83.4 Å². The van der Waals surface area contributed by atoms with Gasteiger partial charge < -0.3 is 20.1 Å². The lowest BCUT2D eigenvalue weighted by Crippen LogP contribution is -2.52. The molecule has 6 heteroatoms. The number of hydrogen-bond donors (Lipinski definition) is 2. The summed E-state index contributed by atoms with van der Waals surface area (Å²) in [5.74, 6) is -0.201. The molecule has 18 heavy (non-hydrogen) atoms. The molecule has 1 heterocycles. The van der Waals surface area contributed by atoms with Crippen LogP contribution in [0.25, 0.3) is 0 Å². The first kappa shape index (κ1) is 14.9. The first-order valence-corrected chi connectivity index (χ1v) is 6.13. The predicted molar refractivity (Wildman–Crippen MR) is 65.9 cm³/mol. The van der Waals surface area contributed by atoms with Crippen molar-refractivity contribution in [3.8, 4) is 6.07 Å². The van der Waals surface area contributed by atoms with Crippen molar-refractivity contribution in [1.29, 1.82) is 5.26 Å². The predicted octanol–water partition coefficient (Wildman–Crippen LogP) is -0.200. The van der Waals surface area contributed by atoms with Crippen LogP contribution in [-0.2, 0) is 14.3 Å². The fraction of sp³-hybridized carbons (Fsp3) is 0.833. The maximum Gasteiger partial charge on any atom is 0.246 e. The van der Waals surface area contributed by atoms with Gasteiger partial charge in [-0.1, -0.05) is 0 Å². The number of hydrogen-bond acceptors (Lipinski definition) is 5. The molecular weight excluding hydrogens is 234 g/mol. The van der Waals surface area contributed by atoms with Crippen LogP contribution >= 0.6 is 0 Å². The monoisotopic (exact) mass is 255 g/mol. The smallest absolute Gasteiger partial charge is 0.246 e. The Morgan fingerprint density at radius 1 is 1.67 bits per heavy atom. The van der Waals surface area contributed by atoms with Gasteiger partial charge >= 0.3 is 0 Å². The number of carbonyl (C=O) groups is 1. The molecule has 2 N–H and O–H groups in total. The van der Waals surface area contributed by atoms with Crippen LogP contribution in [-0.4, -0.2) is 50.5 Å². The summed E-state index contributed by atoms with van der Waals surface area (Å²) < 4.78 is 11.1. The minimum atomic E-state index is -0.201. The zero-order valence-corrected chi connectivity index (χ0v) is 11.0. The van der Waals surface area contributed by atoms with Gasteiger partial charge in [0, 0.05) is 19.6 Å². The highest BCUT2D eigenvalue weighted by Gasteiger charge is 2.28. The van der Waals surface area contributed by atoms with Gasteiger partial charge in [-0.05, 0) is 13.8 Å². The summed E-state index contributed by atoms with van der Waals surface area (Å²) >= 11 is 0. The highest BCUT2D eigenvalue weighted by Crippen LogP contribution is 2.15. The molecule has 0 spiro atoms. The third kappa shape index (κ3) is 5.96. The molecule has 0 aliphatic carbocycles. The van der Waals surface area contributed by atoms with E-state index in [0.29, 0.717) is 19.6 Å². The molecule has 0 bridgehead atoms. The van der Waals surface area contributed by atoms with E-state index >= 15 is 0 Å². The average molecular weight is 255 g/mol. The number of ether oxygens (including phenoxy) is 2. The molecule has 0 radical (unpaired) electrons. The number of nitrogens with one attached hydrogen (secondary N) is 2. The number of amides is 1. The van der Waals surface area contributed by atoms with Crippen molar-refractivity contribution in [3.05, 3.63) is 0 Å². The van der Waals surface area contributed by atoms with Crippen LogP contribution in [0, 0.1) is 11.3 Å². The molecule has 1 unspecified atom stereocenters. The molecule has 1 fully saturated rings. The van der Waals surface area contributed by atoms with Crippen molar-refractivity contribution < 1.29 is 14.3 Å². The van der Waals surface area contributed by atoms with Gasteiger partial charge in [0.25, 0.3) is 0 Å². The Bertz CT molecular complexity index is 312. The van der Waals surface area contributed by atoms with Gasteiger partial charge in [-0.15, -0.1) is 0 Å². The highest BCUT2D eigenvalue weighted by atomic mass is 16.5. The van der Waals surface area contributed by atoms with E-state index < -0.39 is 0 Å². The van der Waals surface area contributed by atoms with Gasteiger partial charge in [-0.2, -0.15) is 5.26 Å². The molecule has 0 aromatic rings. The summed E-state index contributed by atoms with van der Waals surface area (Å²) in [5, 5.41) is 14.2. The molecule has 1 rings (SSSR count). The molecule has 1 aliphatic rings. The third-order valence-electron chi connectivity index (χ3n) is 2.50. The second-order valence-electron chi connectivity index (χ2n) is 4.90. The quantitative estimate of drug-likeness (QED) is 0.642. The van der Waals surface area contributed by atoms with Crippen molar-refractivity contribution in [2.24, 2.45) is 0 Å². The lowest BCUT2D eigenvalue weighted by molar-refractivity contribution is -0.135. The fourth-order valence-electron chi connectivity index (χ4n) is 1.75. The summed E-state index contributed by atoms with van der Waals surface area (Å²) in [5.41, 5.74) is -0.193. The zero-order valence-electron chi connectivity index (χ0n) is 11.0. The number of morpholine rings is 1. The molecular formula is C12H21N3O3. The summed E-state index contributed by atoms with van der Waals surface area (Å²) in [7, 11) is 0. The molecule has 0 aromatic heterocycles. The lowest BCUT2D eigenvalue weighted by atomic mass is 10.1. The van der Waals surface area contributed by atoms with E-state index in [4.69, 9.17) is 14.7 Å². The summed E-state index contributed by atoms with van der Waals surface area (Å²) in [6.45, 7) is 6.35. The molecule has 102 valence electrons. The van der Waals surface area contributed by atoms with Gasteiger partial charge in [0.15, 0.2) is 0 Å². The number of rotatable bonds is 6. The van der Waals surface area contributed by atoms with Crippen molar-refractivity contribution in [1.82, 2.24) is 10.6 Å². The maximum atomic E-state index is 11.3. The highest BCUT2D eigenvalue weighted by molar-refractivity contribution is 5.77. The van der Waals surface area contributed by atoms with Crippen LogP contribution in [0.3, 0.4) is 0 Å². The minimum absolute atomic E-state index is 0.00567. The molecule has 1 atom stereocenters. The second-order valence-corrected chi connectivity index (χ2v) is 4.90. The number of nitrogens with zero attached hydrogens (tertiary/aromatic N) is 1. The van der Waals surface area contributed by atoms with Gasteiger partial charge in [0.1, 0.15) is 6.61 Å². The van der Waals surface area contributed by atoms with E-state index in [2.05, 4.69) is 10.6 Å². The fourth-order valence-corrected chi connectivity index (χ4v) is 1.75. The molecule has 6 nitrogen and oxygen atoms in total. The largest absolute Gasteiger partial charge is 0.369 e. The van der Waals surface area contributed by atoms with Crippen LogP contribution in [0.4, 0.5) is 0 Å². The Balaban J connectivity index is 2.10. The average Bonchev–Trinajstić information content (AvgIpc) is 2.28. The zero-order chi connectivity index (χ0) is 13.4. The van der Waals surface area contributed by atoms with Crippen molar-refractivity contribution in [3.63, 3.8) is 0 Å². The third-order valence-corrected chi connectivity index (χ3v) is 2.50. The summed E-state index contributed by atoms with van der Waals surface area (Å²) in [6.07, 6.45) is 0.288. The number of nitriles is 1. The lowest BCUT2D eigenvalue weighted by Gasteiger charge is -2.36. The van der Waals surface area contributed by atoms with E-state index in [1.165, 1.54) is 0 Å². The summed E-state index contributed by atoms with van der Waals surface area (Å²) in [4.78, 5) is 11.3. The Labute approximate surface area is 108 Å². The standard InChI is InChI=1S/C12H21N3O3/c1-12(2)9-14-6-10(18-12)7-17-8-11(16)15-5-3-4-13/h10,14H,3,5-9H2,1-2H3,(H,15,16). The van der Waals surface area contributed by atoms with E-state index in [1.54, 1.807) is 0 Å². The van der Waals surface area contributed by atoms with Gasteiger partial charge in [-0.3, -0.25) is 4.79 Å². The van der Waals surface area contributed by atoms with E-state index in [-0.39, 0.29) is 24.2 Å². The SMILES string of the molecule is CC1(C)CNCC(COCC(=O)NCCC#N)O1. The summed E-state index contributed by atoms with van der Waals surface area (Å²) in [6, 6.07) is 1.96. The second kappa shape index (κ2) is 7.31. The molecule has 0 aromatic carbocycles. The van der Waals surface area contributed by atoms with Crippen LogP contribution in [0.1, 0.15) is 20.3 Å². The Kier molecular flexibility index (Phi) is 6.05. The molecule has 0 saturated carbocycles. The van der Waals surface area contributed by atoms with E-state index in [9.17, 15) is 4.79 Å². The van der Waals surface area contributed by atoms with Crippen LogP contribution in [0.5, 0.6) is 0 Å². The first-order chi connectivity index (χ1) is 8.53. The van der Waals surface area contributed by atoms with Gasteiger partial charge in [0.05, 0.1) is 30.8 Å². The molecule has 1 saturated heterocycles. The molecule has 1 amide bonds. The van der Waals surface area contributed by atoms with Gasteiger partial charge in [-0.25, -0.2) is 0 Å². The normalized spacial score (nSPS) is 22.2. The van der Waals surface area contributed by atoms with E-state index in [1.807, 2.05) is 19.9 Å². The Hall–Kier alpha value is -1.16. The van der Waals surface area contributed by atoms with Crippen molar-refractivity contribution in [2.75, 3.05) is 32.8 Å². The maximum absolute atomic E-state index is 11.3. The van der Waals surface area contributed by atoms with Crippen LogP contribution < -0.4 is 10.6 Å². The Morgan fingerprint density at radius 2 is 2.44 bits per heavy atom. The number of carbonyl (C=O) groups excluding carboxylic acids is 1. The van der Waals surface area contributed by atoms with Crippen LogP contribution in [0.15, 0.2) is 0 Å². The Morgan fingerprint density at radius 3 is 3.11 bits per heavy atom. The van der Waals surface area contributed by atoms with E-state index in [0.717, 1.165) is 13.1 Å².